The number of alkyl halides is 3. The Hall–Kier alpha value is -2.61. The summed E-state index contributed by atoms with van der Waals surface area (Å²) in [6.45, 7) is 0.348. The van der Waals surface area contributed by atoms with Gasteiger partial charge in [-0.2, -0.15) is 13.2 Å². The van der Waals surface area contributed by atoms with Gasteiger partial charge < -0.3 is 10.2 Å². The number of rotatable bonds is 4. The maximum Gasteiger partial charge on any atom is 0.416 e. The molecule has 3 rings (SSSR count). The summed E-state index contributed by atoms with van der Waals surface area (Å²) in [6.07, 6.45) is -4.40. The van der Waals surface area contributed by atoms with E-state index in [-0.39, 0.29) is 12.6 Å². The highest BCUT2D eigenvalue weighted by molar-refractivity contribution is 7.18. The third kappa shape index (κ3) is 4.32. The summed E-state index contributed by atoms with van der Waals surface area (Å²) in [5.74, 6) is 0. The second kappa shape index (κ2) is 7.33. The van der Waals surface area contributed by atoms with E-state index in [0.717, 1.165) is 27.4 Å². The molecule has 0 aliphatic rings. The molecule has 2 amide bonds. The molecule has 0 saturated heterocycles. The lowest BCUT2D eigenvalue weighted by Gasteiger charge is -2.17. The Morgan fingerprint density at radius 2 is 1.96 bits per heavy atom. The van der Waals surface area contributed by atoms with E-state index in [1.165, 1.54) is 22.3 Å². The number of urea groups is 1. The van der Waals surface area contributed by atoms with Crippen LogP contribution < -0.4 is 5.32 Å². The maximum absolute atomic E-state index is 12.7. The summed E-state index contributed by atoms with van der Waals surface area (Å²) in [5, 5.41) is 3.42. The number of hydrogen-bond donors (Lipinski definition) is 1. The van der Waals surface area contributed by atoms with Gasteiger partial charge >= 0.3 is 12.2 Å². The number of carbonyl (C=O) groups excluding carboxylic acids is 1. The quantitative estimate of drug-likeness (QED) is 0.717. The van der Waals surface area contributed by atoms with E-state index in [1.54, 1.807) is 13.1 Å². The average Bonchev–Trinajstić information content (AvgIpc) is 3.01. The van der Waals surface area contributed by atoms with Crippen LogP contribution >= 0.6 is 11.3 Å². The Balaban J connectivity index is 1.59. The number of nitrogens with zero attached hydrogens (tertiary/aromatic N) is 2. The molecule has 0 atom stereocenters. The fraction of sp³-hybridized carbons (Fsp3) is 0.222. The van der Waals surface area contributed by atoms with Gasteiger partial charge in [0.15, 0.2) is 0 Å². The molecule has 1 aromatic heterocycles. The molecule has 1 N–H and O–H groups in total. The molecule has 26 heavy (non-hydrogen) atoms. The number of halogens is 3. The van der Waals surface area contributed by atoms with Crippen LogP contribution in [0.2, 0.25) is 0 Å². The van der Waals surface area contributed by atoms with Gasteiger partial charge in [0.1, 0.15) is 5.01 Å². The molecule has 0 saturated carbocycles. The molecule has 0 spiro atoms. The zero-order chi connectivity index (χ0) is 18.7. The van der Waals surface area contributed by atoms with Gasteiger partial charge in [-0.05, 0) is 29.8 Å². The van der Waals surface area contributed by atoms with E-state index in [0.29, 0.717) is 12.1 Å². The van der Waals surface area contributed by atoms with E-state index < -0.39 is 11.7 Å². The number of benzene rings is 2. The number of thiazole rings is 1. The van der Waals surface area contributed by atoms with Crippen LogP contribution in [0.5, 0.6) is 0 Å². The second-order valence-electron chi connectivity index (χ2n) is 5.79. The van der Waals surface area contributed by atoms with Crippen LogP contribution in [-0.2, 0) is 19.3 Å². The number of hydrogen-bond acceptors (Lipinski definition) is 3. The normalized spacial score (nSPS) is 11.5. The van der Waals surface area contributed by atoms with Gasteiger partial charge in [0.05, 0.1) is 22.3 Å². The predicted octanol–water partition coefficient (Wildman–Crippen LogP) is 4.66. The number of amides is 2. The number of fused-ring (bicyclic) bond motifs is 1. The molecule has 0 fully saturated rings. The van der Waals surface area contributed by atoms with Crippen molar-refractivity contribution in [3.63, 3.8) is 0 Å². The van der Waals surface area contributed by atoms with Crippen molar-refractivity contribution in [1.82, 2.24) is 15.2 Å². The molecule has 136 valence electrons. The van der Waals surface area contributed by atoms with Crippen LogP contribution in [0.1, 0.15) is 16.1 Å². The lowest BCUT2D eigenvalue weighted by Crippen LogP contribution is -2.36. The third-order valence-corrected chi connectivity index (χ3v) is 4.78. The number of aromatic nitrogens is 1. The molecule has 0 bridgehead atoms. The summed E-state index contributed by atoms with van der Waals surface area (Å²) in [5.41, 5.74) is 0.541. The van der Waals surface area contributed by atoms with Gasteiger partial charge in [0.25, 0.3) is 0 Å². The van der Waals surface area contributed by atoms with Gasteiger partial charge in [0.2, 0.25) is 0 Å². The van der Waals surface area contributed by atoms with Gasteiger partial charge in [-0.25, -0.2) is 9.78 Å². The van der Waals surface area contributed by atoms with Gasteiger partial charge in [-0.15, -0.1) is 11.3 Å². The summed E-state index contributed by atoms with van der Waals surface area (Å²) in [7, 11) is 1.62. The molecular weight excluding hydrogens is 363 g/mol. The molecule has 1 heterocycles. The molecular formula is C18H16F3N3OS. The van der Waals surface area contributed by atoms with Gasteiger partial charge in [-0.1, -0.05) is 24.3 Å². The van der Waals surface area contributed by atoms with E-state index in [4.69, 9.17) is 0 Å². The third-order valence-electron chi connectivity index (χ3n) is 3.76. The fourth-order valence-electron chi connectivity index (χ4n) is 2.43. The predicted molar refractivity (Wildman–Crippen MR) is 94.8 cm³/mol. The number of carbonyl (C=O) groups is 1. The topological polar surface area (TPSA) is 45.2 Å². The van der Waals surface area contributed by atoms with Crippen molar-refractivity contribution in [2.75, 3.05) is 7.05 Å². The highest BCUT2D eigenvalue weighted by Crippen LogP contribution is 2.29. The zero-order valence-corrected chi connectivity index (χ0v) is 14.7. The molecule has 0 aliphatic carbocycles. The Morgan fingerprint density at radius 3 is 2.69 bits per heavy atom. The fourth-order valence-corrected chi connectivity index (χ4v) is 3.45. The minimum absolute atomic E-state index is 0.0208. The smallest absolute Gasteiger partial charge is 0.334 e. The van der Waals surface area contributed by atoms with Crippen molar-refractivity contribution in [2.45, 2.75) is 19.3 Å². The first-order valence-electron chi connectivity index (χ1n) is 7.82. The van der Waals surface area contributed by atoms with Crippen LogP contribution in [-0.4, -0.2) is 23.0 Å². The van der Waals surface area contributed by atoms with Crippen molar-refractivity contribution in [3.8, 4) is 0 Å². The minimum atomic E-state index is -4.40. The first-order valence-corrected chi connectivity index (χ1v) is 8.64. The van der Waals surface area contributed by atoms with Crippen LogP contribution in [0.15, 0.2) is 48.5 Å². The largest absolute Gasteiger partial charge is 0.416 e. The lowest BCUT2D eigenvalue weighted by atomic mass is 10.1. The van der Waals surface area contributed by atoms with Crippen molar-refractivity contribution in [1.29, 1.82) is 0 Å². The number of nitrogens with one attached hydrogen (secondary N) is 1. The van der Waals surface area contributed by atoms with Gasteiger partial charge in [-0.3, -0.25) is 0 Å². The van der Waals surface area contributed by atoms with Crippen LogP contribution in [0.4, 0.5) is 18.0 Å². The second-order valence-corrected chi connectivity index (χ2v) is 6.90. The van der Waals surface area contributed by atoms with Crippen molar-refractivity contribution < 1.29 is 18.0 Å². The Morgan fingerprint density at radius 1 is 1.19 bits per heavy atom. The average molecular weight is 379 g/mol. The van der Waals surface area contributed by atoms with Gasteiger partial charge in [0, 0.05) is 13.6 Å². The molecule has 2 aromatic carbocycles. The van der Waals surface area contributed by atoms with Crippen molar-refractivity contribution in [2.24, 2.45) is 0 Å². The standard InChI is InChI=1S/C18H16F3N3OS/c1-24(11-16-23-14-7-2-3-8-15(14)26-16)17(25)22-10-12-5-4-6-13(9-12)18(19,20)21/h2-9H,10-11H2,1H3,(H,22,25). The highest BCUT2D eigenvalue weighted by atomic mass is 32.1. The monoisotopic (exact) mass is 379 g/mol. The Kier molecular flexibility index (Phi) is 5.13. The lowest BCUT2D eigenvalue weighted by molar-refractivity contribution is -0.137. The van der Waals surface area contributed by atoms with Crippen molar-refractivity contribution >= 4 is 27.6 Å². The first kappa shape index (κ1) is 18.2. The van der Waals surface area contributed by atoms with Crippen molar-refractivity contribution in [3.05, 3.63) is 64.7 Å². The Labute approximate surface area is 152 Å². The van der Waals surface area contributed by atoms with Crippen LogP contribution in [0.25, 0.3) is 10.2 Å². The molecule has 8 heteroatoms. The summed E-state index contributed by atoms with van der Waals surface area (Å²) in [4.78, 5) is 18.1. The summed E-state index contributed by atoms with van der Waals surface area (Å²) < 4.78 is 39.2. The summed E-state index contributed by atoms with van der Waals surface area (Å²) >= 11 is 1.50. The van der Waals surface area contributed by atoms with E-state index in [2.05, 4.69) is 10.3 Å². The van der Waals surface area contributed by atoms with Crippen LogP contribution in [0.3, 0.4) is 0 Å². The highest BCUT2D eigenvalue weighted by Gasteiger charge is 2.30. The first-order chi connectivity index (χ1) is 12.3. The SMILES string of the molecule is CN(Cc1nc2ccccc2s1)C(=O)NCc1cccc(C(F)(F)F)c1. The van der Waals surface area contributed by atoms with Crippen LogP contribution in [0, 0.1) is 0 Å². The minimum Gasteiger partial charge on any atom is -0.334 e. The molecule has 0 aliphatic heterocycles. The molecule has 4 nitrogen and oxygen atoms in total. The molecule has 0 radical (unpaired) electrons. The van der Waals surface area contributed by atoms with E-state index >= 15 is 0 Å². The summed E-state index contributed by atoms with van der Waals surface area (Å²) in [6, 6.07) is 12.2. The maximum atomic E-state index is 12.7. The Bertz CT molecular complexity index is 890. The molecule has 3 aromatic rings. The zero-order valence-electron chi connectivity index (χ0n) is 13.9. The molecule has 0 unspecified atom stereocenters. The van der Waals surface area contributed by atoms with E-state index in [1.807, 2.05) is 24.3 Å². The van der Waals surface area contributed by atoms with E-state index in [9.17, 15) is 18.0 Å². The number of para-hydroxylation sites is 1.